The van der Waals surface area contributed by atoms with Crippen LogP contribution >= 0.6 is 23.2 Å². The Morgan fingerprint density at radius 1 is 1.17 bits per heavy atom. The van der Waals surface area contributed by atoms with Gasteiger partial charge in [0.05, 0.1) is 23.2 Å². The molecular weight excluding hydrogens is 421 g/mol. The fourth-order valence-corrected chi connectivity index (χ4v) is 4.74. The van der Waals surface area contributed by atoms with E-state index in [0.717, 1.165) is 16.9 Å². The molecule has 1 N–H and O–H groups in total. The van der Waals surface area contributed by atoms with Crippen molar-refractivity contribution in [3.8, 4) is 0 Å². The second kappa shape index (κ2) is 9.44. The Morgan fingerprint density at radius 3 is 2.43 bits per heavy atom. The lowest BCUT2D eigenvalue weighted by atomic mass is 10.0. The molecule has 2 amide bonds. The summed E-state index contributed by atoms with van der Waals surface area (Å²) in [6, 6.07) is 7.40. The van der Waals surface area contributed by atoms with Crippen LogP contribution in [0.5, 0.6) is 0 Å². The number of hydrogen-bond acceptors (Lipinski definition) is 3. The second-order valence-corrected chi connectivity index (χ2v) is 9.43. The van der Waals surface area contributed by atoms with E-state index in [9.17, 15) is 9.59 Å². The number of anilines is 2. The Morgan fingerprint density at radius 2 is 1.83 bits per heavy atom. The SMILES string of the molecule is CC(C)N1CC(NC(=O)CC2=CC(Cl)CC(Cl)=C2)C(=O)N(C(C)C)c2ccccc21. The van der Waals surface area contributed by atoms with Gasteiger partial charge in [-0.05, 0) is 51.5 Å². The van der Waals surface area contributed by atoms with Crippen molar-refractivity contribution in [1.29, 1.82) is 0 Å². The molecule has 0 spiro atoms. The highest BCUT2D eigenvalue weighted by Crippen LogP contribution is 2.35. The first-order chi connectivity index (χ1) is 14.2. The maximum absolute atomic E-state index is 13.5. The number of amides is 2. The molecule has 1 aliphatic carbocycles. The molecule has 1 aromatic carbocycles. The van der Waals surface area contributed by atoms with Crippen molar-refractivity contribution in [3.05, 3.63) is 47.0 Å². The van der Waals surface area contributed by atoms with Crippen LogP contribution in [0.1, 0.15) is 40.5 Å². The lowest BCUT2D eigenvalue weighted by Crippen LogP contribution is -2.54. The number of nitrogens with one attached hydrogen (secondary N) is 1. The Hall–Kier alpha value is -1.98. The molecule has 5 nitrogen and oxygen atoms in total. The molecule has 2 aliphatic rings. The number of nitrogens with zero attached hydrogens (tertiary/aromatic N) is 2. The highest BCUT2D eigenvalue weighted by Gasteiger charge is 2.36. The smallest absolute Gasteiger partial charge is 0.251 e. The molecule has 1 aromatic rings. The zero-order valence-electron chi connectivity index (χ0n) is 17.9. The molecule has 1 heterocycles. The summed E-state index contributed by atoms with van der Waals surface area (Å²) in [6.07, 6.45) is 4.34. The molecule has 0 radical (unpaired) electrons. The molecule has 7 heteroatoms. The van der Waals surface area contributed by atoms with E-state index < -0.39 is 6.04 Å². The molecule has 30 heavy (non-hydrogen) atoms. The third-order valence-electron chi connectivity index (χ3n) is 5.33. The third kappa shape index (κ3) is 5.01. The van der Waals surface area contributed by atoms with E-state index in [-0.39, 0.29) is 35.7 Å². The number of carbonyl (C=O) groups is 2. The zero-order valence-corrected chi connectivity index (χ0v) is 19.4. The first kappa shape index (κ1) is 22.7. The van der Waals surface area contributed by atoms with Crippen molar-refractivity contribution >= 4 is 46.4 Å². The fraction of sp³-hybridized carbons (Fsp3) is 0.478. The van der Waals surface area contributed by atoms with Crippen molar-refractivity contribution in [3.63, 3.8) is 0 Å². The summed E-state index contributed by atoms with van der Waals surface area (Å²) in [5, 5.41) is 3.38. The van der Waals surface area contributed by atoms with Crippen LogP contribution < -0.4 is 15.1 Å². The minimum Gasteiger partial charge on any atom is -0.365 e. The number of hydrogen-bond donors (Lipinski definition) is 1. The van der Waals surface area contributed by atoms with Crippen molar-refractivity contribution in [1.82, 2.24) is 5.32 Å². The summed E-state index contributed by atoms with van der Waals surface area (Å²) in [7, 11) is 0. The van der Waals surface area contributed by atoms with Gasteiger partial charge in [-0.3, -0.25) is 9.59 Å². The Balaban J connectivity index is 1.86. The highest BCUT2D eigenvalue weighted by atomic mass is 35.5. The van der Waals surface area contributed by atoms with Crippen molar-refractivity contribution < 1.29 is 9.59 Å². The second-order valence-electron chi connectivity index (χ2n) is 8.39. The van der Waals surface area contributed by atoms with Gasteiger partial charge in [-0.25, -0.2) is 0 Å². The minimum atomic E-state index is -0.648. The maximum Gasteiger partial charge on any atom is 0.251 e. The zero-order chi connectivity index (χ0) is 22.0. The number of rotatable bonds is 5. The molecule has 0 aromatic heterocycles. The number of carbonyl (C=O) groups excluding carboxylic acids is 2. The predicted octanol–water partition coefficient (Wildman–Crippen LogP) is 4.59. The number of para-hydroxylation sites is 2. The number of fused-ring (bicyclic) bond motifs is 1. The summed E-state index contributed by atoms with van der Waals surface area (Å²) < 4.78 is 0. The van der Waals surface area contributed by atoms with Gasteiger partial charge in [-0.15, -0.1) is 11.6 Å². The Bertz CT molecular complexity index is 879. The van der Waals surface area contributed by atoms with E-state index in [1.54, 1.807) is 11.0 Å². The summed E-state index contributed by atoms with van der Waals surface area (Å²) in [5.41, 5.74) is 2.65. The third-order valence-corrected chi connectivity index (χ3v) is 5.88. The average Bonchev–Trinajstić information content (AvgIpc) is 2.75. The molecule has 2 unspecified atom stereocenters. The topological polar surface area (TPSA) is 52.7 Å². The fourth-order valence-electron chi connectivity index (χ4n) is 4.03. The van der Waals surface area contributed by atoms with E-state index in [1.165, 1.54) is 0 Å². The molecule has 162 valence electrons. The van der Waals surface area contributed by atoms with Gasteiger partial charge < -0.3 is 15.1 Å². The molecule has 0 bridgehead atoms. The first-order valence-corrected chi connectivity index (χ1v) is 11.2. The molecular formula is C23H29Cl2N3O2. The van der Waals surface area contributed by atoms with Gasteiger partial charge in [0.15, 0.2) is 0 Å². The molecule has 0 saturated heterocycles. The molecule has 3 rings (SSSR count). The molecule has 1 aliphatic heterocycles. The number of halogens is 2. The van der Waals surface area contributed by atoms with Crippen LogP contribution in [0.3, 0.4) is 0 Å². The number of benzene rings is 1. The van der Waals surface area contributed by atoms with Crippen molar-refractivity contribution in [2.75, 3.05) is 16.3 Å². The van der Waals surface area contributed by atoms with Gasteiger partial charge in [-0.1, -0.05) is 29.8 Å². The van der Waals surface area contributed by atoms with Gasteiger partial charge in [0.1, 0.15) is 6.04 Å². The van der Waals surface area contributed by atoms with E-state index in [0.29, 0.717) is 18.0 Å². The van der Waals surface area contributed by atoms with E-state index >= 15 is 0 Å². The average molecular weight is 450 g/mol. The predicted molar refractivity (Wildman–Crippen MR) is 124 cm³/mol. The normalized spacial score (nSPS) is 21.9. The quantitative estimate of drug-likeness (QED) is 0.668. The minimum absolute atomic E-state index is 0.0371. The first-order valence-electron chi connectivity index (χ1n) is 10.4. The summed E-state index contributed by atoms with van der Waals surface area (Å²) in [6.45, 7) is 8.56. The molecule has 2 atom stereocenters. The van der Waals surface area contributed by atoms with Gasteiger partial charge in [0, 0.05) is 30.1 Å². The van der Waals surface area contributed by atoms with Crippen molar-refractivity contribution in [2.24, 2.45) is 0 Å². The molecule has 0 fully saturated rings. The highest BCUT2D eigenvalue weighted by molar-refractivity contribution is 6.31. The van der Waals surface area contributed by atoms with Crippen LogP contribution in [-0.4, -0.2) is 41.9 Å². The Kier molecular flexibility index (Phi) is 7.14. The Labute approximate surface area is 188 Å². The maximum atomic E-state index is 13.5. The van der Waals surface area contributed by atoms with Crippen LogP contribution in [0.2, 0.25) is 0 Å². The van der Waals surface area contributed by atoms with Crippen LogP contribution in [0.4, 0.5) is 11.4 Å². The van der Waals surface area contributed by atoms with E-state index in [1.807, 2.05) is 44.2 Å². The number of allylic oxidation sites excluding steroid dienone is 3. The summed E-state index contributed by atoms with van der Waals surface area (Å²) >= 11 is 12.3. The lowest BCUT2D eigenvalue weighted by Gasteiger charge is -2.31. The lowest BCUT2D eigenvalue weighted by molar-refractivity contribution is -0.127. The van der Waals surface area contributed by atoms with Gasteiger partial charge in [0.2, 0.25) is 5.91 Å². The van der Waals surface area contributed by atoms with Crippen LogP contribution in [-0.2, 0) is 9.59 Å². The monoisotopic (exact) mass is 449 g/mol. The van der Waals surface area contributed by atoms with Crippen LogP contribution in [0.15, 0.2) is 47.0 Å². The van der Waals surface area contributed by atoms with Gasteiger partial charge in [0.25, 0.3) is 5.91 Å². The summed E-state index contributed by atoms with van der Waals surface area (Å²) in [5.74, 6) is -0.320. The van der Waals surface area contributed by atoms with E-state index in [2.05, 4.69) is 24.1 Å². The summed E-state index contributed by atoms with van der Waals surface area (Å²) in [4.78, 5) is 30.2. The van der Waals surface area contributed by atoms with Gasteiger partial charge in [-0.2, -0.15) is 0 Å². The van der Waals surface area contributed by atoms with Gasteiger partial charge >= 0.3 is 0 Å². The van der Waals surface area contributed by atoms with Crippen LogP contribution in [0.25, 0.3) is 0 Å². The molecule has 0 saturated carbocycles. The van der Waals surface area contributed by atoms with Crippen LogP contribution in [0, 0.1) is 0 Å². The van der Waals surface area contributed by atoms with E-state index in [4.69, 9.17) is 23.2 Å². The van der Waals surface area contributed by atoms with Crippen molar-refractivity contribution in [2.45, 2.75) is 64.0 Å². The standard InChI is InChI=1S/C23H29Cl2N3O2/c1-14(2)27-13-19(26-22(29)11-16-9-17(24)12-18(25)10-16)23(30)28(15(3)4)21-8-6-5-7-20(21)27/h5-10,14-15,17,19H,11-13H2,1-4H3,(H,26,29). The largest absolute Gasteiger partial charge is 0.365 e. The number of alkyl halides is 1.